The Labute approximate surface area is 103 Å². The summed E-state index contributed by atoms with van der Waals surface area (Å²) >= 11 is 1.51. The molecule has 0 aromatic heterocycles. The minimum absolute atomic E-state index is 0.338. The predicted octanol–water partition coefficient (Wildman–Crippen LogP) is 3.89. The first-order valence-electron chi connectivity index (χ1n) is 6.30. The zero-order valence-electron chi connectivity index (χ0n) is 10.7. The van der Waals surface area contributed by atoms with Gasteiger partial charge in [0.25, 0.3) is 0 Å². The lowest BCUT2D eigenvalue weighted by Crippen LogP contribution is -2.49. The molecule has 1 fully saturated rings. The molecule has 0 aliphatic heterocycles. The second-order valence-electron chi connectivity index (χ2n) is 6.19. The molecule has 0 aromatic carbocycles. The first kappa shape index (κ1) is 12.2. The number of thioether (sulfide) groups is 1. The van der Waals surface area contributed by atoms with Crippen LogP contribution in [0.1, 0.15) is 40.5 Å². The van der Waals surface area contributed by atoms with E-state index in [1.807, 2.05) is 0 Å². The van der Waals surface area contributed by atoms with Crippen LogP contribution in [-0.2, 0) is 4.79 Å². The Morgan fingerprint density at radius 1 is 1.56 bits per heavy atom. The van der Waals surface area contributed by atoms with E-state index in [0.29, 0.717) is 22.4 Å². The molecule has 0 aromatic rings. The Kier molecular flexibility index (Phi) is 3.22. The van der Waals surface area contributed by atoms with Gasteiger partial charge in [-0.05, 0) is 36.0 Å². The van der Waals surface area contributed by atoms with Gasteiger partial charge >= 0.3 is 0 Å². The van der Waals surface area contributed by atoms with E-state index < -0.39 is 0 Å². The summed E-state index contributed by atoms with van der Waals surface area (Å²) in [5.41, 5.74) is 1.50. The van der Waals surface area contributed by atoms with Gasteiger partial charge in [-0.15, -0.1) is 0 Å². The zero-order chi connectivity index (χ0) is 11.9. The largest absolute Gasteiger partial charge is 0.282 e. The summed E-state index contributed by atoms with van der Waals surface area (Å²) < 4.78 is 0. The van der Waals surface area contributed by atoms with Crippen molar-refractivity contribution in [3.8, 4) is 0 Å². The Morgan fingerprint density at radius 3 is 2.75 bits per heavy atom. The van der Waals surface area contributed by atoms with Crippen LogP contribution in [0.5, 0.6) is 0 Å². The molecule has 0 radical (unpaired) electrons. The molecule has 90 valence electrons. The molecule has 3 aliphatic rings. The van der Waals surface area contributed by atoms with Gasteiger partial charge < -0.3 is 0 Å². The number of allylic oxidation sites excluding steroid dienone is 1. The summed E-state index contributed by atoms with van der Waals surface area (Å²) in [5, 5.41) is 0.338. The smallest absolute Gasteiger partial charge is 0.215 e. The molecule has 0 heterocycles. The molecule has 1 nitrogen and oxygen atoms in total. The summed E-state index contributed by atoms with van der Waals surface area (Å²) in [5.74, 6) is 2.91. The third-order valence-corrected chi connectivity index (χ3v) is 5.58. The van der Waals surface area contributed by atoms with E-state index in [0.717, 1.165) is 23.7 Å². The zero-order valence-corrected chi connectivity index (χ0v) is 11.6. The Morgan fingerprint density at radius 2 is 2.25 bits per heavy atom. The Bertz CT molecular complexity index is 328. The molecule has 2 bridgehead atoms. The highest BCUT2D eigenvalue weighted by Crippen LogP contribution is 2.59. The Hall–Kier alpha value is -0.240. The van der Waals surface area contributed by atoms with E-state index in [1.54, 1.807) is 0 Å². The third-order valence-electron chi connectivity index (χ3n) is 4.25. The van der Waals surface area contributed by atoms with Gasteiger partial charge in [0.15, 0.2) is 0 Å². The van der Waals surface area contributed by atoms with Crippen molar-refractivity contribution < 1.29 is 4.79 Å². The first-order valence-corrected chi connectivity index (χ1v) is 7.28. The van der Waals surface area contributed by atoms with Crippen molar-refractivity contribution in [1.82, 2.24) is 0 Å². The van der Waals surface area contributed by atoms with Gasteiger partial charge in [0, 0.05) is 11.3 Å². The van der Waals surface area contributed by atoms with Gasteiger partial charge in [0.2, 0.25) is 5.12 Å². The maximum Gasteiger partial charge on any atom is 0.215 e. The molecule has 0 spiro atoms. The van der Waals surface area contributed by atoms with Gasteiger partial charge in [0.1, 0.15) is 0 Å². The van der Waals surface area contributed by atoms with Crippen LogP contribution in [-0.4, -0.2) is 10.9 Å². The van der Waals surface area contributed by atoms with Crippen molar-refractivity contribution in [2.24, 2.45) is 23.2 Å². The van der Waals surface area contributed by atoms with Crippen molar-refractivity contribution in [3.05, 3.63) is 11.6 Å². The quantitative estimate of drug-likeness (QED) is 0.742. The van der Waals surface area contributed by atoms with Crippen LogP contribution in [0, 0.1) is 23.2 Å². The minimum atomic E-state index is 0.338. The summed E-state index contributed by atoms with van der Waals surface area (Å²) in [4.78, 5) is 12.1. The minimum Gasteiger partial charge on any atom is -0.282 e. The Balaban J connectivity index is 2.00. The maximum atomic E-state index is 12.1. The van der Waals surface area contributed by atoms with E-state index in [-0.39, 0.29) is 0 Å². The highest BCUT2D eigenvalue weighted by Gasteiger charge is 2.52. The monoisotopic (exact) mass is 238 g/mol. The van der Waals surface area contributed by atoms with Crippen molar-refractivity contribution in [3.63, 3.8) is 0 Å². The maximum absolute atomic E-state index is 12.1. The van der Waals surface area contributed by atoms with E-state index in [4.69, 9.17) is 0 Å². The van der Waals surface area contributed by atoms with Gasteiger partial charge in [-0.1, -0.05) is 45.5 Å². The molecule has 16 heavy (non-hydrogen) atoms. The molecule has 0 unspecified atom stereocenters. The normalized spacial score (nSPS) is 30.9. The lowest BCUT2D eigenvalue weighted by Gasteiger charge is -2.56. The second kappa shape index (κ2) is 4.21. The highest BCUT2D eigenvalue weighted by atomic mass is 32.2. The second-order valence-corrected chi connectivity index (χ2v) is 7.19. The lowest BCUT2D eigenvalue weighted by molar-refractivity contribution is -0.111. The van der Waals surface area contributed by atoms with E-state index >= 15 is 0 Å². The molecular weight excluding hydrogens is 216 g/mol. The van der Waals surface area contributed by atoms with Crippen molar-refractivity contribution in [2.75, 3.05) is 5.75 Å². The standard InChI is InChI=1S/C14H22OS/c1-9(2)8-16-13(15)11-6-5-10-7-12(11)14(10,3)4/h6,9-10,12H,5,7-8H2,1-4H3/t10-,12-/m1/s1. The summed E-state index contributed by atoms with van der Waals surface area (Å²) in [7, 11) is 0. The fourth-order valence-corrected chi connectivity index (χ4v) is 3.78. The van der Waals surface area contributed by atoms with Crippen LogP contribution in [0.2, 0.25) is 0 Å². The van der Waals surface area contributed by atoms with Crippen LogP contribution in [0.4, 0.5) is 0 Å². The van der Waals surface area contributed by atoms with Crippen LogP contribution < -0.4 is 0 Å². The number of hydrogen-bond acceptors (Lipinski definition) is 2. The van der Waals surface area contributed by atoms with Gasteiger partial charge in [-0.3, -0.25) is 4.79 Å². The van der Waals surface area contributed by atoms with E-state index in [2.05, 4.69) is 33.8 Å². The molecule has 3 aliphatic carbocycles. The van der Waals surface area contributed by atoms with Crippen LogP contribution in [0.25, 0.3) is 0 Å². The SMILES string of the molecule is CC(C)CSC(=O)C1=CC[C@@H]2C[C@H]1C2(C)C. The number of carbonyl (C=O) groups excluding carboxylic acids is 1. The summed E-state index contributed by atoms with van der Waals surface area (Å²) in [6.45, 7) is 8.97. The van der Waals surface area contributed by atoms with Crippen LogP contribution >= 0.6 is 11.8 Å². The highest BCUT2D eigenvalue weighted by molar-refractivity contribution is 8.14. The molecule has 3 rings (SSSR count). The van der Waals surface area contributed by atoms with Crippen LogP contribution in [0.15, 0.2) is 11.6 Å². The molecule has 0 saturated heterocycles. The molecule has 0 N–H and O–H groups in total. The van der Waals surface area contributed by atoms with E-state index in [1.165, 1.54) is 18.2 Å². The van der Waals surface area contributed by atoms with Crippen molar-refractivity contribution in [1.29, 1.82) is 0 Å². The third kappa shape index (κ3) is 1.97. The van der Waals surface area contributed by atoms with Gasteiger partial charge in [-0.2, -0.15) is 0 Å². The fourth-order valence-electron chi connectivity index (χ4n) is 2.91. The van der Waals surface area contributed by atoms with Crippen molar-refractivity contribution >= 4 is 16.9 Å². The average molecular weight is 238 g/mol. The number of fused-ring (bicyclic) bond motifs is 1. The van der Waals surface area contributed by atoms with E-state index in [9.17, 15) is 4.79 Å². The topological polar surface area (TPSA) is 17.1 Å². The summed E-state index contributed by atoms with van der Waals surface area (Å²) in [6, 6.07) is 0. The van der Waals surface area contributed by atoms with Gasteiger partial charge in [-0.25, -0.2) is 0 Å². The number of carbonyl (C=O) groups is 1. The predicted molar refractivity (Wildman–Crippen MR) is 70.4 cm³/mol. The van der Waals surface area contributed by atoms with Crippen LogP contribution in [0.3, 0.4) is 0 Å². The molecule has 1 saturated carbocycles. The molecule has 0 amide bonds. The van der Waals surface area contributed by atoms with Gasteiger partial charge in [0.05, 0.1) is 0 Å². The lowest BCUT2D eigenvalue weighted by atomic mass is 9.49. The molecule has 2 heteroatoms. The first-order chi connectivity index (χ1) is 7.43. The molecule has 2 atom stereocenters. The number of rotatable bonds is 3. The van der Waals surface area contributed by atoms with Crippen molar-refractivity contribution in [2.45, 2.75) is 40.5 Å². The average Bonchev–Trinajstić information content (AvgIpc) is 2.25. The number of hydrogen-bond donors (Lipinski definition) is 0. The molecular formula is C14H22OS. The fraction of sp³-hybridized carbons (Fsp3) is 0.786. The summed E-state index contributed by atoms with van der Waals surface area (Å²) in [6.07, 6.45) is 4.57.